The van der Waals surface area contributed by atoms with E-state index in [1.165, 1.54) is 0 Å². The van der Waals surface area contributed by atoms with E-state index < -0.39 is 24.6 Å². The van der Waals surface area contributed by atoms with Gasteiger partial charge in [-0.25, -0.2) is 9.78 Å². The number of nitrogens with zero attached hydrogens (tertiary/aromatic N) is 3. The van der Waals surface area contributed by atoms with Gasteiger partial charge in [0.2, 0.25) is 11.8 Å². The average Bonchev–Trinajstić information content (AvgIpc) is 2.89. The van der Waals surface area contributed by atoms with Gasteiger partial charge >= 0.3 is 6.09 Å². The number of anilines is 1. The minimum absolute atomic E-state index is 0.00897. The number of hydrogen-bond donors (Lipinski definition) is 1. The molecular weight excluding hydrogens is 308 g/mol. The number of likely N-dealkylation sites (tertiary alicyclic amines) is 1. The first kappa shape index (κ1) is 11.8. The Bertz CT molecular complexity index is 681. The van der Waals surface area contributed by atoms with Crippen molar-refractivity contribution >= 4 is 23.6 Å². The second-order valence-electron chi connectivity index (χ2n) is 5.94. The van der Waals surface area contributed by atoms with Gasteiger partial charge in [-0.05, 0) is 27.2 Å². The highest BCUT2D eigenvalue weighted by atomic mass is 35.5. The molecule has 1 atom stereocenters. The highest BCUT2D eigenvalue weighted by Crippen LogP contribution is 2.23. The molecule has 1 aromatic heterocycles. The van der Waals surface area contributed by atoms with E-state index in [0.717, 1.165) is 0 Å². The van der Waals surface area contributed by atoms with Gasteiger partial charge in [-0.15, -0.1) is 0 Å². The van der Waals surface area contributed by atoms with Gasteiger partial charge in [-0.3, -0.25) is 0 Å². The summed E-state index contributed by atoms with van der Waals surface area (Å²) in [6.45, 7) is 6.23. The molecule has 22 heavy (non-hydrogen) atoms. The van der Waals surface area contributed by atoms with Gasteiger partial charge in [0.05, 0.1) is 18.7 Å². The molecule has 2 rings (SSSR count). The second kappa shape index (κ2) is 6.56. The fraction of sp³-hybridized carbons (Fsp3) is 0.643. The smallest absolute Gasteiger partial charge is 0.410 e. The first-order chi connectivity index (χ1) is 11.8. The van der Waals surface area contributed by atoms with E-state index >= 15 is 0 Å². The SMILES string of the molecule is [2H]c1nc(N[C@H]2CCN(C(=O)OC(C)(C)C)C2)nc(OC([2H])([2H])[2H])c1Cl. The minimum Gasteiger partial charge on any atom is -0.480 e. The molecule has 1 fully saturated rings. The third-order valence-electron chi connectivity index (χ3n) is 2.93. The van der Waals surface area contributed by atoms with E-state index in [9.17, 15) is 4.79 Å². The van der Waals surface area contributed by atoms with Crippen LogP contribution in [-0.2, 0) is 4.74 Å². The van der Waals surface area contributed by atoms with Crippen LogP contribution in [-0.4, -0.2) is 52.7 Å². The lowest BCUT2D eigenvalue weighted by Crippen LogP contribution is -2.36. The van der Waals surface area contributed by atoms with Gasteiger partial charge in [0.15, 0.2) is 0 Å². The molecule has 122 valence electrons. The Morgan fingerprint density at radius 3 is 3.09 bits per heavy atom. The van der Waals surface area contributed by atoms with Crippen molar-refractivity contribution in [3.63, 3.8) is 0 Å². The van der Waals surface area contributed by atoms with Crippen LogP contribution in [0.1, 0.15) is 32.7 Å². The van der Waals surface area contributed by atoms with Crippen LogP contribution < -0.4 is 10.1 Å². The summed E-state index contributed by atoms with van der Waals surface area (Å²) in [6, 6.07) is -0.177. The maximum atomic E-state index is 12.1. The van der Waals surface area contributed by atoms with E-state index in [0.29, 0.717) is 19.5 Å². The van der Waals surface area contributed by atoms with Crippen molar-refractivity contribution in [1.29, 1.82) is 0 Å². The summed E-state index contributed by atoms with van der Waals surface area (Å²) in [5.41, 5.74) is -0.580. The summed E-state index contributed by atoms with van der Waals surface area (Å²) in [5.74, 6) is -0.383. The second-order valence-corrected chi connectivity index (χ2v) is 6.31. The summed E-state index contributed by atoms with van der Waals surface area (Å²) >= 11 is 5.83. The van der Waals surface area contributed by atoms with Crippen LogP contribution in [0, 0.1) is 0 Å². The number of carbonyl (C=O) groups excluding carboxylic acids is 1. The molecule has 1 aliphatic heterocycles. The molecule has 2 heterocycles. The van der Waals surface area contributed by atoms with Gasteiger partial charge in [0.25, 0.3) is 0 Å². The summed E-state index contributed by atoms with van der Waals surface area (Å²) in [5, 5.41) is 2.68. The molecule has 0 bridgehead atoms. The topological polar surface area (TPSA) is 76.6 Å². The van der Waals surface area contributed by atoms with Gasteiger partial charge < -0.3 is 19.7 Å². The Morgan fingerprint density at radius 2 is 2.41 bits per heavy atom. The van der Waals surface area contributed by atoms with E-state index in [4.69, 9.17) is 26.6 Å². The van der Waals surface area contributed by atoms with E-state index in [1.807, 2.05) is 0 Å². The first-order valence-electron chi connectivity index (χ1n) is 8.82. The third-order valence-corrected chi connectivity index (χ3v) is 3.17. The van der Waals surface area contributed by atoms with Gasteiger partial charge in [0, 0.05) is 19.1 Å². The molecule has 0 radical (unpaired) electrons. The predicted octanol–water partition coefficient (Wildman–Crippen LogP) is 2.56. The largest absolute Gasteiger partial charge is 0.480 e. The highest BCUT2D eigenvalue weighted by Gasteiger charge is 2.30. The fourth-order valence-corrected chi connectivity index (χ4v) is 2.13. The molecule has 0 saturated carbocycles. The quantitative estimate of drug-likeness (QED) is 0.916. The Morgan fingerprint density at radius 1 is 1.64 bits per heavy atom. The monoisotopic (exact) mass is 332 g/mol. The lowest BCUT2D eigenvalue weighted by atomic mass is 10.2. The van der Waals surface area contributed by atoms with Crippen LogP contribution in [0.4, 0.5) is 10.7 Å². The Kier molecular flexibility index (Phi) is 3.51. The van der Waals surface area contributed by atoms with Crippen LogP contribution in [0.25, 0.3) is 0 Å². The molecule has 1 amide bonds. The molecule has 0 unspecified atom stereocenters. The first-order valence-corrected chi connectivity index (χ1v) is 7.19. The number of ether oxygens (including phenoxy) is 2. The number of methoxy groups -OCH3 is 1. The van der Waals surface area contributed by atoms with E-state index in [1.54, 1.807) is 25.7 Å². The van der Waals surface area contributed by atoms with Crippen molar-refractivity contribution in [3.05, 3.63) is 11.2 Å². The van der Waals surface area contributed by atoms with Crippen LogP contribution in [0.2, 0.25) is 5.02 Å². The van der Waals surface area contributed by atoms with Crippen molar-refractivity contribution in [3.8, 4) is 5.88 Å². The van der Waals surface area contributed by atoms with Gasteiger partial charge in [-0.2, -0.15) is 4.98 Å². The molecule has 7 nitrogen and oxygen atoms in total. The standard InChI is InChI=1S/C14H21ClN4O3/c1-14(2,3)22-13(20)19-6-5-9(8-19)17-12-16-7-10(15)11(18-12)21-4/h7,9H,5-6,8H2,1-4H3,(H,16,17,18)/t9-/m0/s1/i4D3,7D. The molecule has 0 spiro atoms. The number of amides is 1. The summed E-state index contributed by atoms with van der Waals surface area (Å²) in [7, 11) is -2.75. The van der Waals surface area contributed by atoms with Crippen LogP contribution in [0.15, 0.2) is 6.17 Å². The molecule has 0 aliphatic carbocycles. The maximum Gasteiger partial charge on any atom is 0.410 e. The number of hydrogen-bond acceptors (Lipinski definition) is 6. The molecule has 1 aliphatic rings. The zero-order valence-electron chi connectivity index (χ0n) is 16.6. The number of nitrogens with one attached hydrogen (secondary N) is 1. The normalized spacial score (nSPS) is 21.5. The zero-order chi connectivity index (χ0) is 19.7. The Hall–Kier alpha value is -1.76. The molecule has 1 aromatic rings. The summed E-state index contributed by atoms with van der Waals surface area (Å²) in [6.07, 6.45) is -0.148. The van der Waals surface area contributed by atoms with Gasteiger partial charge in [0.1, 0.15) is 10.6 Å². The fourth-order valence-electron chi connectivity index (χ4n) is 2.01. The van der Waals surface area contributed by atoms with Crippen LogP contribution in [0.5, 0.6) is 5.88 Å². The van der Waals surface area contributed by atoms with Crippen molar-refractivity contribution < 1.29 is 19.8 Å². The number of halogens is 1. The predicted molar refractivity (Wildman–Crippen MR) is 83.4 cm³/mol. The van der Waals surface area contributed by atoms with Crippen LogP contribution in [0.3, 0.4) is 0 Å². The number of aromatic nitrogens is 2. The number of carbonyl (C=O) groups is 1. The van der Waals surface area contributed by atoms with Crippen molar-refractivity contribution in [2.75, 3.05) is 25.4 Å². The Labute approximate surface area is 140 Å². The van der Waals surface area contributed by atoms with Crippen molar-refractivity contribution in [2.24, 2.45) is 0 Å². The molecular formula is C14H21ClN4O3. The number of rotatable bonds is 3. The van der Waals surface area contributed by atoms with E-state index in [2.05, 4.69) is 15.3 Å². The molecule has 0 aromatic carbocycles. The lowest BCUT2D eigenvalue weighted by molar-refractivity contribution is 0.0293. The highest BCUT2D eigenvalue weighted by molar-refractivity contribution is 6.31. The Balaban J connectivity index is 2.04. The summed E-state index contributed by atoms with van der Waals surface area (Å²) < 4.78 is 39.1. The minimum atomic E-state index is -2.75. The molecule has 1 N–H and O–H groups in total. The summed E-state index contributed by atoms with van der Waals surface area (Å²) in [4.78, 5) is 21.4. The van der Waals surface area contributed by atoms with E-state index in [-0.39, 0.29) is 23.2 Å². The molecule has 1 saturated heterocycles. The van der Waals surface area contributed by atoms with Crippen molar-refractivity contribution in [1.82, 2.24) is 14.9 Å². The van der Waals surface area contributed by atoms with Crippen molar-refractivity contribution in [2.45, 2.75) is 38.8 Å². The molecule has 8 heteroatoms. The lowest BCUT2D eigenvalue weighted by Gasteiger charge is -2.24. The zero-order valence-corrected chi connectivity index (χ0v) is 13.4. The average molecular weight is 333 g/mol. The van der Waals surface area contributed by atoms with Gasteiger partial charge in [-0.1, -0.05) is 11.6 Å². The maximum absolute atomic E-state index is 12.1. The third kappa shape index (κ3) is 4.37. The van der Waals surface area contributed by atoms with Crippen LogP contribution >= 0.6 is 11.6 Å².